The SMILES string of the molecule is Cc1ccc(Cl)c(OC(=O)c2ccc(C(F)(F)F)nc2)c1. The van der Waals surface area contributed by atoms with E-state index in [1.54, 1.807) is 25.1 Å². The van der Waals surface area contributed by atoms with Crippen LogP contribution >= 0.6 is 11.6 Å². The van der Waals surface area contributed by atoms with Crippen molar-refractivity contribution in [1.29, 1.82) is 0 Å². The number of benzene rings is 1. The lowest BCUT2D eigenvalue weighted by Gasteiger charge is -2.08. The molecule has 2 rings (SSSR count). The predicted octanol–water partition coefficient (Wildman–Crippen LogP) is 4.28. The summed E-state index contributed by atoms with van der Waals surface area (Å²) in [6.07, 6.45) is -3.74. The number of rotatable bonds is 2. The molecule has 110 valence electrons. The van der Waals surface area contributed by atoms with Crippen molar-refractivity contribution in [1.82, 2.24) is 4.98 Å². The Kier molecular flexibility index (Phi) is 4.18. The smallest absolute Gasteiger partial charge is 0.421 e. The number of esters is 1. The Morgan fingerprint density at radius 3 is 2.52 bits per heavy atom. The fourth-order valence-electron chi connectivity index (χ4n) is 1.53. The normalized spacial score (nSPS) is 11.3. The monoisotopic (exact) mass is 315 g/mol. The number of alkyl halides is 3. The summed E-state index contributed by atoms with van der Waals surface area (Å²) in [5.74, 6) is -0.690. The fourth-order valence-corrected chi connectivity index (χ4v) is 1.69. The lowest BCUT2D eigenvalue weighted by Crippen LogP contribution is -2.12. The summed E-state index contributed by atoms with van der Waals surface area (Å²) in [5, 5.41) is 0.230. The van der Waals surface area contributed by atoms with Gasteiger partial charge in [-0.1, -0.05) is 17.7 Å². The first-order valence-corrected chi connectivity index (χ1v) is 6.17. The van der Waals surface area contributed by atoms with Gasteiger partial charge in [-0.15, -0.1) is 0 Å². The van der Waals surface area contributed by atoms with E-state index >= 15 is 0 Å². The number of hydrogen-bond acceptors (Lipinski definition) is 3. The summed E-state index contributed by atoms with van der Waals surface area (Å²) in [4.78, 5) is 15.0. The third kappa shape index (κ3) is 3.72. The molecule has 0 unspecified atom stereocenters. The molecule has 2 aromatic rings. The zero-order valence-corrected chi connectivity index (χ0v) is 11.5. The number of hydrogen-bond donors (Lipinski definition) is 0. The second-order valence-electron chi connectivity index (χ2n) is 4.25. The van der Waals surface area contributed by atoms with E-state index in [1.807, 2.05) is 0 Å². The van der Waals surface area contributed by atoms with Crippen LogP contribution in [0.25, 0.3) is 0 Å². The van der Waals surface area contributed by atoms with Crippen LogP contribution in [-0.2, 0) is 6.18 Å². The van der Waals surface area contributed by atoms with E-state index in [9.17, 15) is 18.0 Å². The van der Waals surface area contributed by atoms with Crippen LogP contribution in [0.15, 0.2) is 36.5 Å². The Morgan fingerprint density at radius 2 is 1.95 bits per heavy atom. The van der Waals surface area contributed by atoms with Crippen LogP contribution < -0.4 is 4.74 Å². The van der Waals surface area contributed by atoms with E-state index < -0.39 is 17.8 Å². The highest BCUT2D eigenvalue weighted by atomic mass is 35.5. The van der Waals surface area contributed by atoms with Gasteiger partial charge in [-0.3, -0.25) is 4.98 Å². The molecule has 0 N–H and O–H groups in total. The minimum absolute atomic E-state index is 0.0967. The molecule has 0 aliphatic rings. The fraction of sp³-hybridized carbons (Fsp3) is 0.143. The molecule has 0 saturated carbocycles. The van der Waals surface area contributed by atoms with Gasteiger partial charge in [0.05, 0.1) is 10.6 Å². The maximum atomic E-state index is 12.4. The number of ether oxygens (including phenoxy) is 1. The van der Waals surface area contributed by atoms with Crippen molar-refractivity contribution in [2.75, 3.05) is 0 Å². The lowest BCUT2D eigenvalue weighted by molar-refractivity contribution is -0.141. The molecule has 0 radical (unpaired) electrons. The molecule has 0 spiro atoms. The number of aromatic nitrogens is 1. The first-order valence-electron chi connectivity index (χ1n) is 5.79. The zero-order chi connectivity index (χ0) is 15.6. The van der Waals surface area contributed by atoms with E-state index in [-0.39, 0.29) is 16.3 Å². The van der Waals surface area contributed by atoms with Gasteiger partial charge in [0, 0.05) is 6.20 Å². The zero-order valence-electron chi connectivity index (χ0n) is 10.7. The predicted molar refractivity (Wildman–Crippen MR) is 70.4 cm³/mol. The quantitative estimate of drug-likeness (QED) is 0.613. The van der Waals surface area contributed by atoms with Gasteiger partial charge in [0.25, 0.3) is 0 Å². The minimum atomic E-state index is -4.55. The minimum Gasteiger partial charge on any atom is -0.421 e. The summed E-state index contributed by atoms with van der Waals surface area (Å²) in [6.45, 7) is 1.79. The molecule has 1 aromatic heterocycles. The van der Waals surface area contributed by atoms with Crippen LogP contribution in [-0.4, -0.2) is 11.0 Å². The van der Waals surface area contributed by atoms with E-state index in [4.69, 9.17) is 16.3 Å². The number of carbonyl (C=O) groups is 1. The van der Waals surface area contributed by atoms with Crippen LogP contribution in [0.5, 0.6) is 5.75 Å². The Hall–Kier alpha value is -2.08. The molecule has 0 atom stereocenters. The number of aryl methyl sites for hydroxylation is 1. The number of carbonyl (C=O) groups excluding carboxylic acids is 1. The van der Waals surface area contributed by atoms with Crippen LogP contribution in [0.1, 0.15) is 21.6 Å². The van der Waals surface area contributed by atoms with Gasteiger partial charge >= 0.3 is 12.1 Å². The van der Waals surface area contributed by atoms with Gasteiger partial charge in [0.15, 0.2) is 0 Å². The second-order valence-corrected chi connectivity index (χ2v) is 4.66. The molecule has 0 aliphatic carbocycles. The van der Waals surface area contributed by atoms with Gasteiger partial charge in [0.1, 0.15) is 11.4 Å². The molecule has 0 amide bonds. The molecule has 0 bridgehead atoms. The molecule has 0 fully saturated rings. The van der Waals surface area contributed by atoms with Crippen molar-refractivity contribution in [3.63, 3.8) is 0 Å². The van der Waals surface area contributed by atoms with E-state index in [0.717, 1.165) is 17.8 Å². The van der Waals surface area contributed by atoms with E-state index in [1.165, 1.54) is 0 Å². The Morgan fingerprint density at radius 1 is 1.24 bits per heavy atom. The van der Waals surface area contributed by atoms with Crippen molar-refractivity contribution >= 4 is 17.6 Å². The van der Waals surface area contributed by atoms with Crippen LogP contribution in [0.3, 0.4) is 0 Å². The van der Waals surface area contributed by atoms with Crippen molar-refractivity contribution in [3.05, 3.63) is 58.4 Å². The lowest BCUT2D eigenvalue weighted by atomic mass is 10.2. The van der Waals surface area contributed by atoms with Gasteiger partial charge in [0.2, 0.25) is 0 Å². The molecule has 0 aliphatic heterocycles. The molecular formula is C14H9ClF3NO2. The highest BCUT2D eigenvalue weighted by Gasteiger charge is 2.32. The third-order valence-electron chi connectivity index (χ3n) is 2.58. The second kappa shape index (κ2) is 5.73. The van der Waals surface area contributed by atoms with E-state index in [2.05, 4.69) is 4.98 Å². The van der Waals surface area contributed by atoms with Crippen LogP contribution in [0, 0.1) is 6.92 Å². The Labute approximate surface area is 123 Å². The number of halogens is 4. The molecule has 21 heavy (non-hydrogen) atoms. The van der Waals surface area contributed by atoms with Crippen molar-refractivity contribution in [2.45, 2.75) is 13.1 Å². The molecule has 7 heteroatoms. The first-order chi connectivity index (χ1) is 9.77. The van der Waals surface area contributed by atoms with Crippen LogP contribution in [0.4, 0.5) is 13.2 Å². The molecule has 0 saturated heterocycles. The average Bonchev–Trinajstić information content (AvgIpc) is 2.42. The topological polar surface area (TPSA) is 39.2 Å². The van der Waals surface area contributed by atoms with Gasteiger partial charge in [-0.2, -0.15) is 13.2 Å². The van der Waals surface area contributed by atoms with Crippen LogP contribution in [0.2, 0.25) is 5.02 Å². The van der Waals surface area contributed by atoms with Crippen molar-refractivity contribution in [2.24, 2.45) is 0 Å². The number of nitrogens with zero attached hydrogens (tertiary/aromatic N) is 1. The van der Waals surface area contributed by atoms with Crippen molar-refractivity contribution in [3.8, 4) is 5.75 Å². The largest absolute Gasteiger partial charge is 0.433 e. The molecule has 3 nitrogen and oxygen atoms in total. The highest BCUT2D eigenvalue weighted by Crippen LogP contribution is 2.28. The Balaban J connectivity index is 2.19. The maximum absolute atomic E-state index is 12.4. The summed E-state index contributed by atoms with van der Waals surface area (Å²) in [5.41, 5.74) is -0.346. The van der Waals surface area contributed by atoms with Gasteiger partial charge in [-0.25, -0.2) is 4.79 Å². The Bertz CT molecular complexity index is 669. The summed E-state index contributed by atoms with van der Waals surface area (Å²) >= 11 is 5.87. The first kappa shape index (κ1) is 15.3. The summed E-state index contributed by atoms with van der Waals surface area (Å²) in [7, 11) is 0. The number of pyridine rings is 1. The van der Waals surface area contributed by atoms with E-state index in [0.29, 0.717) is 6.07 Å². The molecule has 1 aromatic carbocycles. The molecule has 1 heterocycles. The van der Waals surface area contributed by atoms with Gasteiger partial charge in [-0.05, 0) is 36.8 Å². The van der Waals surface area contributed by atoms with Crippen molar-refractivity contribution < 1.29 is 22.7 Å². The molecular weight excluding hydrogens is 307 g/mol. The van der Waals surface area contributed by atoms with Gasteiger partial charge < -0.3 is 4.74 Å². The maximum Gasteiger partial charge on any atom is 0.433 e. The third-order valence-corrected chi connectivity index (χ3v) is 2.89. The highest BCUT2D eigenvalue weighted by molar-refractivity contribution is 6.32. The summed E-state index contributed by atoms with van der Waals surface area (Å²) < 4.78 is 42.2. The average molecular weight is 316 g/mol. The summed E-state index contributed by atoms with van der Waals surface area (Å²) in [6, 6.07) is 6.57. The standard InChI is InChI=1S/C14H9ClF3NO2/c1-8-2-4-10(15)11(6-8)21-13(20)9-3-5-12(19-7-9)14(16,17)18/h2-7H,1H3.